The van der Waals surface area contributed by atoms with Crippen LogP contribution in [0.15, 0.2) is 24.3 Å². The Bertz CT molecular complexity index is 870. The third-order valence-corrected chi connectivity index (χ3v) is 5.77. The van der Waals surface area contributed by atoms with Crippen LogP contribution in [0.1, 0.15) is 60.4 Å². The lowest BCUT2D eigenvalue weighted by atomic mass is 9.94. The number of aromatic nitrogens is 2. The van der Waals surface area contributed by atoms with E-state index in [0.717, 1.165) is 35.6 Å². The van der Waals surface area contributed by atoms with Crippen LogP contribution in [0.25, 0.3) is 5.69 Å². The van der Waals surface area contributed by atoms with Gasteiger partial charge in [-0.3, -0.25) is 9.59 Å². The van der Waals surface area contributed by atoms with E-state index in [2.05, 4.69) is 18.9 Å². The monoisotopic (exact) mass is 383 g/mol. The van der Waals surface area contributed by atoms with Crippen molar-refractivity contribution in [2.24, 2.45) is 5.92 Å². The van der Waals surface area contributed by atoms with E-state index in [1.54, 1.807) is 0 Å². The van der Waals surface area contributed by atoms with E-state index in [1.165, 1.54) is 6.42 Å². The number of carbonyl (C=O) groups excluding carboxylic acids is 1. The van der Waals surface area contributed by atoms with Gasteiger partial charge in [-0.2, -0.15) is 5.10 Å². The smallest absolute Gasteiger partial charge is 0.303 e. The second-order valence-electron chi connectivity index (χ2n) is 7.99. The van der Waals surface area contributed by atoms with Gasteiger partial charge in [-0.25, -0.2) is 4.68 Å². The molecule has 3 rings (SSSR count). The minimum Gasteiger partial charge on any atom is -0.481 e. The lowest BCUT2D eigenvalue weighted by molar-refractivity contribution is -0.136. The molecular weight excluding hydrogens is 354 g/mol. The summed E-state index contributed by atoms with van der Waals surface area (Å²) in [6.07, 6.45) is 2.78. The molecule has 0 radical (unpaired) electrons. The van der Waals surface area contributed by atoms with E-state index >= 15 is 0 Å². The summed E-state index contributed by atoms with van der Waals surface area (Å²) >= 11 is 0. The van der Waals surface area contributed by atoms with Gasteiger partial charge in [0.25, 0.3) is 5.91 Å². The number of aliphatic carboxylic acids is 1. The van der Waals surface area contributed by atoms with Gasteiger partial charge in [-0.05, 0) is 75.8 Å². The van der Waals surface area contributed by atoms with Crippen LogP contribution in [-0.2, 0) is 11.2 Å². The summed E-state index contributed by atoms with van der Waals surface area (Å²) in [5.74, 6) is -0.185. The van der Waals surface area contributed by atoms with Crippen molar-refractivity contribution in [1.29, 1.82) is 0 Å². The van der Waals surface area contributed by atoms with Gasteiger partial charge in [0, 0.05) is 30.3 Å². The first-order chi connectivity index (χ1) is 13.3. The lowest BCUT2D eigenvalue weighted by Gasteiger charge is -2.36. The highest BCUT2D eigenvalue weighted by atomic mass is 16.4. The highest BCUT2D eigenvalue weighted by molar-refractivity contribution is 5.94. The number of likely N-dealkylation sites (tertiary alicyclic amines) is 1. The van der Waals surface area contributed by atoms with Gasteiger partial charge in [-0.15, -0.1) is 0 Å². The van der Waals surface area contributed by atoms with Crippen LogP contribution < -0.4 is 0 Å². The molecule has 0 saturated carbocycles. The Hall–Kier alpha value is -2.63. The molecule has 1 aromatic heterocycles. The Balaban J connectivity index is 1.80. The summed E-state index contributed by atoms with van der Waals surface area (Å²) in [7, 11) is 0. The third-order valence-electron chi connectivity index (χ3n) is 5.77. The lowest BCUT2D eigenvalue weighted by Crippen LogP contribution is -2.44. The molecule has 1 fully saturated rings. The fourth-order valence-electron chi connectivity index (χ4n) is 4.00. The molecule has 150 valence electrons. The summed E-state index contributed by atoms with van der Waals surface area (Å²) in [6.45, 7) is 8.98. The standard InChI is InChI=1S/C22H29N3O3/c1-14-5-6-15(2)24(13-14)22(28)18-7-9-19(10-8-18)25-17(4)20(16(3)23-25)11-12-21(26)27/h7-10,14-15H,5-6,11-13H2,1-4H3,(H,26,27). The molecule has 2 atom stereocenters. The number of nitrogens with zero attached hydrogens (tertiary/aromatic N) is 3. The molecule has 2 aromatic rings. The van der Waals surface area contributed by atoms with Crippen LogP contribution in [0.2, 0.25) is 0 Å². The van der Waals surface area contributed by atoms with Crippen LogP contribution in [-0.4, -0.2) is 44.3 Å². The van der Waals surface area contributed by atoms with Gasteiger partial charge in [-0.1, -0.05) is 6.92 Å². The molecule has 6 nitrogen and oxygen atoms in total. The second kappa shape index (κ2) is 8.17. The molecular formula is C22H29N3O3. The Labute approximate surface area is 166 Å². The number of carboxylic acids is 1. The summed E-state index contributed by atoms with van der Waals surface area (Å²) in [4.78, 5) is 25.8. The van der Waals surface area contributed by atoms with Gasteiger partial charge >= 0.3 is 5.97 Å². The molecule has 1 saturated heterocycles. The number of hydrogen-bond acceptors (Lipinski definition) is 3. The molecule has 1 aliphatic rings. The first kappa shape index (κ1) is 20.1. The Kier molecular flexibility index (Phi) is 5.87. The topological polar surface area (TPSA) is 75.4 Å². The molecule has 0 bridgehead atoms. The first-order valence-electron chi connectivity index (χ1n) is 9.96. The minimum absolute atomic E-state index is 0.0844. The molecule has 1 N–H and O–H groups in total. The molecule has 2 unspecified atom stereocenters. The predicted molar refractivity (Wildman–Crippen MR) is 108 cm³/mol. The van der Waals surface area contributed by atoms with Crippen molar-refractivity contribution in [3.8, 4) is 5.69 Å². The van der Waals surface area contributed by atoms with E-state index in [4.69, 9.17) is 5.11 Å². The van der Waals surface area contributed by atoms with E-state index < -0.39 is 5.97 Å². The van der Waals surface area contributed by atoms with Gasteiger partial charge < -0.3 is 10.0 Å². The van der Waals surface area contributed by atoms with Crippen molar-refractivity contribution in [2.75, 3.05) is 6.54 Å². The van der Waals surface area contributed by atoms with E-state index in [0.29, 0.717) is 17.9 Å². The Morgan fingerprint density at radius 3 is 2.46 bits per heavy atom. The van der Waals surface area contributed by atoms with Crippen molar-refractivity contribution in [3.05, 3.63) is 46.8 Å². The number of rotatable bonds is 5. The van der Waals surface area contributed by atoms with Crippen LogP contribution in [0.5, 0.6) is 0 Å². The SMILES string of the molecule is Cc1nn(-c2ccc(C(=O)N3CC(C)CCC3C)cc2)c(C)c1CCC(=O)O. The van der Waals surface area contributed by atoms with Crippen molar-refractivity contribution in [1.82, 2.24) is 14.7 Å². The molecule has 1 aliphatic heterocycles. The van der Waals surface area contributed by atoms with Crippen molar-refractivity contribution >= 4 is 11.9 Å². The van der Waals surface area contributed by atoms with E-state index in [1.807, 2.05) is 47.7 Å². The van der Waals surface area contributed by atoms with Crippen LogP contribution >= 0.6 is 0 Å². The van der Waals surface area contributed by atoms with E-state index in [9.17, 15) is 9.59 Å². The first-order valence-corrected chi connectivity index (χ1v) is 9.96. The van der Waals surface area contributed by atoms with Gasteiger partial charge in [0.1, 0.15) is 0 Å². The molecule has 0 aliphatic carbocycles. The quantitative estimate of drug-likeness (QED) is 0.853. The van der Waals surface area contributed by atoms with Gasteiger partial charge in [0.05, 0.1) is 11.4 Å². The predicted octanol–water partition coefficient (Wildman–Crippen LogP) is 3.77. The van der Waals surface area contributed by atoms with Crippen LogP contribution in [0.3, 0.4) is 0 Å². The summed E-state index contributed by atoms with van der Waals surface area (Å²) in [5, 5.41) is 13.5. The fraction of sp³-hybridized carbons (Fsp3) is 0.500. The van der Waals surface area contributed by atoms with Crippen molar-refractivity contribution in [3.63, 3.8) is 0 Å². The molecule has 0 spiro atoms. The third kappa shape index (κ3) is 4.11. The average Bonchev–Trinajstić information content (AvgIpc) is 2.95. The molecule has 1 amide bonds. The van der Waals surface area contributed by atoms with Crippen LogP contribution in [0.4, 0.5) is 0 Å². The summed E-state index contributed by atoms with van der Waals surface area (Å²) in [6, 6.07) is 7.81. The maximum Gasteiger partial charge on any atom is 0.303 e. The maximum atomic E-state index is 12.9. The summed E-state index contributed by atoms with van der Waals surface area (Å²) < 4.78 is 1.83. The van der Waals surface area contributed by atoms with Crippen molar-refractivity contribution < 1.29 is 14.7 Å². The maximum absolute atomic E-state index is 12.9. The minimum atomic E-state index is -0.810. The number of piperidine rings is 1. The zero-order valence-corrected chi connectivity index (χ0v) is 17.1. The summed E-state index contributed by atoms with van der Waals surface area (Å²) in [5.41, 5.74) is 4.32. The highest BCUT2D eigenvalue weighted by Crippen LogP contribution is 2.24. The Morgan fingerprint density at radius 1 is 1.14 bits per heavy atom. The highest BCUT2D eigenvalue weighted by Gasteiger charge is 2.27. The Morgan fingerprint density at radius 2 is 1.82 bits per heavy atom. The van der Waals surface area contributed by atoms with Gasteiger partial charge in [0.15, 0.2) is 0 Å². The molecule has 28 heavy (non-hydrogen) atoms. The zero-order valence-electron chi connectivity index (χ0n) is 17.1. The number of carbonyl (C=O) groups is 2. The number of carboxylic acid groups (broad SMARTS) is 1. The molecule has 1 aromatic carbocycles. The second-order valence-corrected chi connectivity index (χ2v) is 7.99. The molecule has 6 heteroatoms. The largest absolute Gasteiger partial charge is 0.481 e. The number of hydrogen-bond donors (Lipinski definition) is 1. The number of amides is 1. The molecule has 2 heterocycles. The number of aryl methyl sites for hydroxylation is 1. The van der Waals surface area contributed by atoms with Crippen molar-refractivity contribution in [2.45, 2.75) is 59.4 Å². The van der Waals surface area contributed by atoms with Gasteiger partial charge in [0.2, 0.25) is 0 Å². The number of benzene rings is 1. The zero-order chi connectivity index (χ0) is 20.4. The normalized spacial score (nSPS) is 19.6. The van der Waals surface area contributed by atoms with E-state index in [-0.39, 0.29) is 18.4 Å². The fourth-order valence-corrected chi connectivity index (χ4v) is 4.00. The average molecular weight is 383 g/mol. The van der Waals surface area contributed by atoms with Crippen LogP contribution in [0, 0.1) is 19.8 Å².